The van der Waals surface area contributed by atoms with Gasteiger partial charge in [-0.3, -0.25) is 4.79 Å². The number of hydrogen-bond acceptors (Lipinski definition) is 4. The average molecular weight is 308 g/mol. The molecule has 2 aromatic carbocycles. The van der Waals surface area contributed by atoms with Crippen molar-refractivity contribution in [3.05, 3.63) is 84.1 Å². The van der Waals surface area contributed by atoms with Crippen LogP contribution < -0.4 is 4.74 Å². The van der Waals surface area contributed by atoms with Crippen molar-refractivity contribution in [2.75, 3.05) is 7.11 Å². The molecule has 0 N–H and O–H groups in total. The summed E-state index contributed by atoms with van der Waals surface area (Å²) in [5, 5.41) is 0. The van der Waals surface area contributed by atoms with Gasteiger partial charge in [0.05, 0.1) is 19.4 Å². The van der Waals surface area contributed by atoms with Gasteiger partial charge in [0.25, 0.3) is 0 Å². The maximum Gasteiger partial charge on any atom is 0.333 e. The molecule has 0 bridgehead atoms. The van der Waals surface area contributed by atoms with Crippen molar-refractivity contribution < 1.29 is 19.1 Å². The molecule has 0 unspecified atom stereocenters. The van der Waals surface area contributed by atoms with Crippen molar-refractivity contribution >= 4 is 17.8 Å². The van der Waals surface area contributed by atoms with Gasteiger partial charge in [-0.1, -0.05) is 48.5 Å². The van der Waals surface area contributed by atoms with E-state index in [1.54, 1.807) is 30.3 Å². The highest BCUT2D eigenvalue weighted by atomic mass is 16.5. The van der Waals surface area contributed by atoms with Gasteiger partial charge < -0.3 is 9.47 Å². The second-order valence-electron chi connectivity index (χ2n) is 4.55. The minimum atomic E-state index is -0.503. The molecule has 0 atom stereocenters. The topological polar surface area (TPSA) is 52.6 Å². The van der Waals surface area contributed by atoms with Crippen LogP contribution in [0.4, 0.5) is 0 Å². The van der Waals surface area contributed by atoms with Crippen LogP contribution in [0.2, 0.25) is 0 Å². The molecule has 23 heavy (non-hydrogen) atoms. The molecular formula is C19H16O4. The predicted octanol–water partition coefficient (Wildman–Crippen LogP) is 3.65. The number of allylic oxidation sites excluding steroid dienone is 1. The van der Waals surface area contributed by atoms with Crippen molar-refractivity contribution in [3.8, 4) is 5.75 Å². The van der Waals surface area contributed by atoms with Gasteiger partial charge >= 0.3 is 5.97 Å². The third kappa shape index (κ3) is 4.97. The van der Waals surface area contributed by atoms with E-state index in [4.69, 9.17) is 4.74 Å². The molecule has 0 saturated heterocycles. The molecule has 0 radical (unpaired) electrons. The van der Waals surface area contributed by atoms with E-state index >= 15 is 0 Å². The molecule has 2 rings (SSSR count). The molecule has 0 amide bonds. The number of ketones is 1. The third-order valence-corrected chi connectivity index (χ3v) is 2.99. The lowest BCUT2D eigenvalue weighted by molar-refractivity contribution is -0.134. The molecule has 2 aromatic rings. The highest BCUT2D eigenvalue weighted by Crippen LogP contribution is 2.20. The van der Waals surface area contributed by atoms with Crippen LogP contribution >= 0.6 is 0 Å². The molecule has 116 valence electrons. The summed E-state index contributed by atoms with van der Waals surface area (Å²) in [6, 6.07) is 16.2. The van der Waals surface area contributed by atoms with Crippen molar-refractivity contribution in [3.63, 3.8) is 0 Å². The van der Waals surface area contributed by atoms with Crippen molar-refractivity contribution in [2.45, 2.75) is 0 Å². The summed E-state index contributed by atoms with van der Waals surface area (Å²) in [5.41, 5.74) is 1.35. The monoisotopic (exact) mass is 308 g/mol. The number of para-hydroxylation sites is 1. The predicted molar refractivity (Wildman–Crippen MR) is 88.0 cm³/mol. The third-order valence-electron chi connectivity index (χ3n) is 2.99. The van der Waals surface area contributed by atoms with Crippen LogP contribution in [-0.4, -0.2) is 18.9 Å². The summed E-state index contributed by atoms with van der Waals surface area (Å²) in [6.45, 7) is 0. The first kappa shape index (κ1) is 16.2. The largest absolute Gasteiger partial charge is 0.466 e. The van der Waals surface area contributed by atoms with Crippen LogP contribution in [0.3, 0.4) is 0 Å². The molecule has 0 saturated carbocycles. The van der Waals surface area contributed by atoms with Gasteiger partial charge in [0.1, 0.15) is 5.75 Å². The van der Waals surface area contributed by atoms with E-state index in [-0.39, 0.29) is 5.78 Å². The number of esters is 1. The van der Waals surface area contributed by atoms with Crippen LogP contribution in [-0.2, 0) is 9.53 Å². The normalized spacial score (nSPS) is 10.8. The molecule has 4 nitrogen and oxygen atoms in total. The van der Waals surface area contributed by atoms with Crippen LogP contribution in [0.5, 0.6) is 5.75 Å². The minimum absolute atomic E-state index is 0.0921. The Hall–Kier alpha value is -3.14. The van der Waals surface area contributed by atoms with Crippen LogP contribution in [0.15, 0.2) is 73.0 Å². The van der Waals surface area contributed by atoms with Gasteiger partial charge in [0.15, 0.2) is 5.78 Å². The van der Waals surface area contributed by atoms with Crippen molar-refractivity contribution in [1.82, 2.24) is 0 Å². The van der Waals surface area contributed by atoms with E-state index in [0.29, 0.717) is 11.3 Å². The molecule has 4 heteroatoms. The highest BCUT2D eigenvalue weighted by molar-refractivity contribution is 6.06. The van der Waals surface area contributed by atoms with Gasteiger partial charge in [-0.2, -0.15) is 0 Å². The zero-order chi connectivity index (χ0) is 16.5. The van der Waals surface area contributed by atoms with Crippen LogP contribution in [0.25, 0.3) is 6.08 Å². The maximum absolute atomic E-state index is 12.1. The van der Waals surface area contributed by atoms with Crippen molar-refractivity contribution in [1.29, 1.82) is 0 Å². The summed E-state index contributed by atoms with van der Waals surface area (Å²) < 4.78 is 9.89. The second-order valence-corrected chi connectivity index (χ2v) is 4.55. The zero-order valence-corrected chi connectivity index (χ0v) is 12.6. The number of carbonyl (C=O) groups is 2. The number of ether oxygens (including phenoxy) is 2. The molecular weight excluding hydrogens is 292 g/mol. The minimum Gasteiger partial charge on any atom is -0.466 e. The zero-order valence-electron chi connectivity index (χ0n) is 12.6. The fourth-order valence-corrected chi connectivity index (χ4v) is 1.82. The SMILES string of the molecule is COC(=O)/C=C/Oc1ccccc1/C=C/C(=O)c1ccccc1. The summed E-state index contributed by atoms with van der Waals surface area (Å²) in [6.07, 6.45) is 5.59. The summed E-state index contributed by atoms with van der Waals surface area (Å²) in [4.78, 5) is 23.1. The Morgan fingerprint density at radius 1 is 0.913 bits per heavy atom. The molecule has 0 fully saturated rings. The van der Waals surface area contributed by atoms with Gasteiger partial charge in [-0.15, -0.1) is 0 Å². The Kier molecular flexibility index (Phi) is 5.89. The summed E-state index contributed by atoms with van der Waals surface area (Å²) in [5.74, 6) is -0.0625. The lowest BCUT2D eigenvalue weighted by Gasteiger charge is -2.04. The van der Waals surface area contributed by atoms with E-state index < -0.39 is 5.97 Å². The standard InChI is InChI=1S/C19H16O4/c1-22-19(21)13-14-23-18-10-6-5-9-16(18)11-12-17(20)15-7-3-2-4-8-15/h2-14H,1H3/b12-11+,14-13+. The van der Waals surface area contributed by atoms with Crippen molar-refractivity contribution in [2.24, 2.45) is 0 Å². The molecule has 0 aliphatic rings. The first-order chi connectivity index (χ1) is 11.2. The van der Waals surface area contributed by atoms with E-state index in [1.165, 1.54) is 25.5 Å². The number of carbonyl (C=O) groups excluding carboxylic acids is 2. The lowest BCUT2D eigenvalue weighted by atomic mass is 10.1. The first-order valence-corrected chi connectivity index (χ1v) is 6.98. The first-order valence-electron chi connectivity index (χ1n) is 6.98. The van der Waals surface area contributed by atoms with Gasteiger partial charge in [-0.05, 0) is 18.2 Å². The Balaban J connectivity index is 2.11. The lowest BCUT2D eigenvalue weighted by Crippen LogP contribution is -1.96. The fourth-order valence-electron chi connectivity index (χ4n) is 1.82. The Labute approximate surface area is 134 Å². The van der Waals surface area contributed by atoms with E-state index in [1.807, 2.05) is 30.3 Å². The quantitative estimate of drug-likeness (QED) is 0.354. The van der Waals surface area contributed by atoms with Crippen LogP contribution in [0.1, 0.15) is 15.9 Å². The van der Waals surface area contributed by atoms with E-state index in [9.17, 15) is 9.59 Å². The summed E-state index contributed by atoms with van der Waals surface area (Å²) >= 11 is 0. The van der Waals surface area contributed by atoms with E-state index in [0.717, 1.165) is 5.56 Å². The molecule has 0 spiro atoms. The molecule has 0 aromatic heterocycles. The molecule has 0 heterocycles. The number of benzene rings is 2. The Bertz CT molecular complexity index is 730. The summed E-state index contributed by atoms with van der Waals surface area (Å²) in [7, 11) is 1.29. The number of methoxy groups -OCH3 is 1. The number of hydrogen-bond donors (Lipinski definition) is 0. The Morgan fingerprint density at radius 3 is 2.35 bits per heavy atom. The van der Waals surface area contributed by atoms with Gasteiger partial charge in [0, 0.05) is 11.1 Å². The van der Waals surface area contributed by atoms with Crippen LogP contribution in [0, 0.1) is 0 Å². The second kappa shape index (κ2) is 8.34. The molecule has 0 aliphatic carbocycles. The fraction of sp³-hybridized carbons (Fsp3) is 0.0526. The Morgan fingerprint density at radius 2 is 1.61 bits per heavy atom. The van der Waals surface area contributed by atoms with Gasteiger partial charge in [-0.25, -0.2) is 4.79 Å². The highest BCUT2D eigenvalue weighted by Gasteiger charge is 2.02. The van der Waals surface area contributed by atoms with Gasteiger partial charge in [0.2, 0.25) is 0 Å². The van der Waals surface area contributed by atoms with E-state index in [2.05, 4.69) is 4.74 Å². The number of rotatable bonds is 6. The molecule has 0 aliphatic heterocycles. The smallest absolute Gasteiger partial charge is 0.333 e. The average Bonchev–Trinajstić information content (AvgIpc) is 2.61. The maximum atomic E-state index is 12.1.